The van der Waals surface area contributed by atoms with Crippen molar-refractivity contribution in [3.63, 3.8) is 0 Å². The molecule has 0 aliphatic carbocycles. The molecular formula is C25H35NO4SSi. The number of fused-ring (bicyclic) bond motifs is 1. The van der Waals surface area contributed by atoms with Crippen molar-refractivity contribution in [1.82, 2.24) is 4.90 Å². The van der Waals surface area contributed by atoms with E-state index in [1.165, 1.54) is 17.8 Å². The zero-order valence-corrected chi connectivity index (χ0v) is 21.8. The fourth-order valence-electron chi connectivity index (χ4n) is 3.99. The van der Waals surface area contributed by atoms with E-state index in [9.17, 15) is 9.59 Å². The van der Waals surface area contributed by atoms with Gasteiger partial charge in [0.1, 0.15) is 12.3 Å². The van der Waals surface area contributed by atoms with Crippen molar-refractivity contribution < 1.29 is 18.8 Å². The summed E-state index contributed by atoms with van der Waals surface area (Å²) in [6, 6.07) is 9.86. The van der Waals surface area contributed by atoms with Gasteiger partial charge in [0.25, 0.3) is 0 Å². The summed E-state index contributed by atoms with van der Waals surface area (Å²) in [6.45, 7) is 16.9. The molecule has 1 fully saturated rings. The molecule has 174 valence electrons. The highest BCUT2D eigenvalue weighted by atomic mass is 32.2. The van der Waals surface area contributed by atoms with Crippen LogP contribution in [-0.4, -0.2) is 43.8 Å². The molecule has 2 heterocycles. The summed E-state index contributed by atoms with van der Waals surface area (Å²) in [5.41, 5.74) is 0.383. The van der Waals surface area contributed by atoms with E-state index >= 15 is 0 Å². The maximum Gasteiger partial charge on any atom is 0.356 e. The van der Waals surface area contributed by atoms with Crippen LogP contribution in [0.15, 0.2) is 58.5 Å². The molecule has 0 saturated carbocycles. The third-order valence-corrected chi connectivity index (χ3v) is 12.4. The number of carbonyl (C=O) groups is 2. The topological polar surface area (TPSA) is 55.8 Å². The highest BCUT2D eigenvalue weighted by Gasteiger charge is 2.59. The summed E-state index contributed by atoms with van der Waals surface area (Å²) < 4.78 is 12.0. The first-order valence-electron chi connectivity index (χ1n) is 11.3. The van der Waals surface area contributed by atoms with Crippen molar-refractivity contribution in [1.29, 1.82) is 0 Å². The van der Waals surface area contributed by atoms with Crippen LogP contribution in [0.5, 0.6) is 0 Å². The smallest absolute Gasteiger partial charge is 0.356 e. The van der Waals surface area contributed by atoms with Crippen LogP contribution in [0.4, 0.5) is 0 Å². The Hall–Kier alpha value is -1.83. The number of esters is 1. The Labute approximate surface area is 197 Å². The predicted molar refractivity (Wildman–Crippen MR) is 132 cm³/mol. The minimum absolute atomic E-state index is 0.0326. The summed E-state index contributed by atoms with van der Waals surface area (Å²) in [6.07, 6.45) is 2.81. The third kappa shape index (κ3) is 4.75. The molecule has 0 aromatic heterocycles. The Kier molecular flexibility index (Phi) is 7.42. The molecule has 0 spiro atoms. The van der Waals surface area contributed by atoms with Crippen molar-refractivity contribution in [2.24, 2.45) is 5.92 Å². The molecule has 1 aromatic carbocycles. The monoisotopic (exact) mass is 473 g/mol. The Bertz CT molecular complexity index is 906. The van der Waals surface area contributed by atoms with E-state index in [1.54, 1.807) is 4.90 Å². The van der Waals surface area contributed by atoms with Gasteiger partial charge in [-0.3, -0.25) is 4.79 Å². The maximum atomic E-state index is 13.4. The molecule has 2 aliphatic rings. The number of hydrogen-bond acceptors (Lipinski definition) is 5. The second kappa shape index (κ2) is 9.57. The molecule has 1 unspecified atom stereocenters. The van der Waals surface area contributed by atoms with E-state index in [1.807, 2.05) is 30.3 Å². The number of β-lactam (4-membered cyclic amide) rings is 1. The van der Waals surface area contributed by atoms with Crippen LogP contribution in [0.2, 0.25) is 18.1 Å². The standard InChI is InChI=1S/C25H35NO4SSi/c1-8-15-29-24(28)22-20(31-17-13-11-10-12-14-17)16-18-21(23(27)26(18)22)19(9-2)30-32(6,7)25(3,4)5/h8,10-14,18-19,21H,1,9,15-16H2,2-7H3/t18?,19-,21+/m0/s1. The van der Waals surface area contributed by atoms with Crippen LogP contribution in [-0.2, 0) is 18.8 Å². The summed E-state index contributed by atoms with van der Waals surface area (Å²) in [5, 5.41) is 0.0643. The van der Waals surface area contributed by atoms with Crippen molar-refractivity contribution >= 4 is 32.0 Å². The number of rotatable bonds is 9. The molecule has 5 nitrogen and oxygen atoms in total. The SMILES string of the molecule is C=CCOC(=O)C1=C(Sc2ccccc2)CC2[C@H]([C@H](CC)O[Si](C)(C)C(C)(C)C)C(=O)N12. The number of carbonyl (C=O) groups excluding carboxylic acids is 2. The second-order valence-electron chi connectivity index (χ2n) is 9.90. The molecule has 32 heavy (non-hydrogen) atoms. The average Bonchev–Trinajstić information content (AvgIpc) is 3.05. The van der Waals surface area contributed by atoms with Crippen molar-refractivity contribution in [2.45, 2.75) is 75.7 Å². The van der Waals surface area contributed by atoms with Crippen molar-refractivity contribution in [2.75, 3.05) is 6.61 Å². The van der Waals surface area contributed by atoms with Gasteiger partial charge >= 0.3 is 5.97 Å². The first-order chi connectivity index (χ1) is 15.0. The summed E-state index contributed by atoms with van der Waals surface area (Å²) >= 11 is 1.54. The lowest BCUT2D eigenvalue weighted by Crippen LogP contribution is -2.64. The fourth-order valence-corrected chi connectivity index (χ4v) is 6.52. The molecule has 1 aromatic rings. The Balaban J connectivity index is 1.86. The molecule has 0 radical (unpaired) electrons. The van der Waals surface area contributed by atoms with Gasteiger partial charge in [0.15, 0.2) is 8.32 Å². The van der Waals surface area contributed by atoms with Gasteiger partial charge in [0, 0.05) is 16.2 Å². The number of hydrogen-bond donors (Lipinski definition) is 0. The molecule has 3 rings (SSSR count). The van der Waals surface area contributed by atoms with Gasteiger partial charge in [-0.15, -0.1) is 0 Å². The minimum atomic E-state index is -2.03. The van der Waals surface area contributed by atoms with Crippen LogP contribution < -0.4 is 0 Å². The molecule has 1 amide bonds. The van der Waals surface area contributed by atoms with E-state index in [2.05, 4.69) is 47.4 Å². The summed E-state index contributed by atoms with van der Waals surface area (Å²) in [7, 11) is -2.03. The second-order valence-corrected chi connectivity index (χ2v) is 15.8. The normalized spacial score (nSPS) is 21.8. The Morgan fingerprint density at radius 1 is 1.31 bits per heavy atom. The number of nitrogens with zero attached hydrogens (tertiary/aromatic N) is 1. The molecule has 0 N–H and O–H groups in total. The molecule has 7 heteroatoms. The van der Waals surface area contributed by atoms with Crippen LogP contribution in [0.25, 0.3) is 0 Å². The molecule has 0 bridgehead atoms. The lowest BCUT2D eigenvalue weighted by Gasteiger charge is -2.49. The van der Waals surface area contributed by atoms with Gasteiger partial charge in [-0.05, 0) is 36.7 Å². The molecular weight excluding hydrogens is 438 g/mol. The van der Waals surface area contributed by atoms with E-state index in [4.69, 9.17) is 9.16 Å². The molecule has 3 atom stereocenters. The average molecular weight is 474 g/mol. The van der Waals surface area contributed by atoms with Gasteiger partial charge < -0.3 is 14.1 Å². The lowest BCUT2D eigenvalue weighted by atomic mass is 9.82. The summed E-state index contributed by atoms with van der Waals surface area (Å²) in [4.78, 5) is 29.8. The number of amides is 1. The van der Waals surface area contributed by atoms with Crippen molar-refractivity contribution in [3.8, 4) is 0 Å². The van der Waals surface area contributed by atoms with Crippen LogP contribution in [0.3, 0.4) is 0 Å². The highest BCUT2D eigenvalue weighted by Crippen LogP contribution is 2.50. The van der Waals surface area contributed by atoms with E-state index in [-0.39, 0.29) is 35.6 Å². The number of thioether (sulfide) groups is 1. The molecule has 1 saturated heterocycles. The first kappa shape index (κ1) is 24.8. The third-order valence-electron chi connectivity index (χ3n) is 6.73. The van der Waals surface area contributed by atoms with Crippen LogP contribution in [0, 0.1) is 5.92 Å². The van der Waals surface area contributed by atoms with E-state index < -0.39 is 14.3 Å². The van der Waals surface area contributed by atoms with Crippen molar-refractivity contribution in [3.05, 3.63) is 53.6 Å². The zero-order valence-electron chi connectivity index (χ0n) is 20.0. The number of benzene rings is 1. The van der Waals surface area contributed by atoms with E-state index in [0.29, 0.717) is 12.1 Å². The first-order valence-corrected chi connectivity index (χ1v) is 15.0. The maximum absolute atomic E-state index is 13.4. The zero-order chi connectivity index (χ0) is 23.7. The Morgan fingerprint density at radius 3 is 2.53 bits per heavy atom. The summed E-state index contributed by atoms with van der Waals surface area (Å²) in [5.74, 6) is -0.726. The van der Waals surface area contributed by atoms with Crippen LogP contribution in [0.1, 0.15) is 40.5 Å². The van der Waals surface area contributed by atoms with E-state index in [0.717, 1.165) is 16.2 Å². The van der Waals surface area contributed by atoms with Gasteiger partial charge in [-0.2, -0.15) is 0 Å². The number of ether oxygens (including phenoxy) is 1. The minimum Gasteiger partial charge on any atom is -0.457 e. The molecule has 2 aliphatic heterocycles. The highest BCUT2D eigenvalue weighted by molar-refractivity contribution is 8.03. The predicted octanol–water partition coefficient (Wildman–Crippen LogP) is 5.75. The van der Waals surface area contributed by atoms with Gasteiger partial charge in [-0.1, -0.05) is 70.3 Å². The fraction of sp³-hybridized carbons (Fsp3) is 0.520. The van der Waals surface area contributed by atoms with Gasteiger partial charge in [0.05, 0.1) is 18.1 Å². The quantitative estimate of drug-likeness (QED) is 0.198. The largest absolute Gasteiger partial charge is 0.457 e. The van der Waals surface area contributed by atoms with Gasteiger partial charge in [0.2, 0.25) is 5.91 Å². The Morgan fingerprint density at radius 2 is 1.97 bits per heavy atom. The van der Waals surface area contributed by atoms with Gasteiger partial charge in [-0.25, -0.2) is 4.79 Å². The lowest BCUT2D eigenvalue weighted by molar-refractivity contribution is -0.162. The van der Waals surface area contributed by atoms with Crippen LogP contribution >= 0.6 is 11.8 Å².